The van der Waals surface area contributed by atoms with Gasteiger partial charge in [0, 0.05) is 32.0 Å². The molecular weight excluding hydrogens is 495 g/mol. The van der Waals surface area contributed by atoms with Crippen molar-refractivity contribution in [1.29, 1.82) is 0 Å². The summed E-state index contributed by atoms with van der Waals surface area (Å²) in [6, 6.07) is 10.2. The molecule has 0 bridgehead atoms. The minimum Gasteiger partial charge on any atom is -0.381 e. The van der Waals surface area contributed by atoms with Gasteiger partial charge in [0.05, 0.1) is 23.6 Å². The minimum absolute atomic E-state index is 0.00819. The maximum absolute atomic E-state index is 14.1. The Hall–Kier alpha value is -3.50. The highest BCUT2D eigenvalue weighted by molar-refractivity contribution is 6.10. The van der Waals surface area contributed by atoms with Crippen molar-refractivity contribution in [1.82, 2.24) is 20.1 Å². The summed E-state index contributed by atoms with van der Waals surface area (Å²) in [6.45, 7) is 4.32. The topological polar surface area (TPSA) is 72.3 Å². The number of carbonyl (C=O) groups excluding carboxylic acids is 1. The van der Waals surface area contributed by atoms with Crippen LogP contribution in [0.4, 0.5) is 18.9 Å². The van der Waals surface area contributed by atoms with E-state index >= 15 is 0 Å². The number of hydrogen-bond acceptors (Lipinski definition) is 5. The molecule has 2 heterocycles. The zero-order valence-corrected chi connectivity index (χ0v) is 21.4. The third-order valence-electron chi connectivity index (χ3n) is 7.60. The summed E-state index contributed by atoms with van der Waals surface area (Å²) >= 11 is 0. The largest absolute Gasteiger partial charge is 0.416 e. The number of hydrogen-bond donors (Lipinski definition) is 1. The van der Waals surface area contributed by atoms with E-state index < -0.39 is 23.1 Å². The molecule has 1 amide bonds. The Bertz CT molecular complexity index is 1360. The van der Waals surface area contributed by atoms with Crippen molar-refractivity contribution in [3.8, 4) is 0 Å². The van der Waals surface area contributed by atoms with E-state index in [1.165, 1.54) is 4.90 Å². The summed E-state index contributed by atoms with van der Waals surface area (Å²) in [7, 11) is 3.55. The molecule has 0 saturated heterocycles. The number of methoxy groups -OCH3 is 1. The number of aromatic nitrogens is 3. The smallest absolute Gasteiger partial charge is 0.381 e. The molecule has 2 aliphatic rings. The predicted molar refractivity (Wildman–Crippen MR) is 137 cm³/mol. The number of anilines is 1. The Morgan fingerprint density at radius 1 is 1.26 bits per heavy atom. The standard InChI is InChI=1S/C28H30F3N5O2/c1-4-5-9-32-15-18-10-22-23(24(11-18)28(29,30)31)16-36(25(22)37)20-8-6-7-19(12-20)27(13-21(14-27)38-3)26-34-33-17-35(26)2/h4,6-8,10-12,17,21,32H,1,5,9,13-16H2,2-3H3/t21-,27-. The van der Waals surface area contributed by atoms with Crippen molar-refractivity contribution in [3.63, 3.8) is 0 Å². The van der Waals surface area contributed by atoms with Crippen LogP contribution in [0, 0.1) is 0 Å². The molecule has 1 aromatic heterocycles. The van der Waals surface area contributed by atoms with Gasteiger partial charge in [0.25, 0.3) is 5.91 Å². The molecule has 1 fully saturated rings. The number of carbonyl (C=O) groups is 1. The van der Waals surface area contributed by atoms with Crippen LogP contribution in [0.5, 0.6) is 0 Å². The first-order chi connectivity index (χ1) is 18.2. The van der Waals surface area contributed by atoms with Crippen LogP contribution >= 0.6 is 0 Å². The zero-order valence-electron chi connectivity index (χ0n) is 21.4. The Balaban J connectivity index is 1.49. The molecule has 2 aromatic carbocycles. The Morgan fingerprint density at radius 3 is 2.71 bits per heavy atom. The summed E-state index contributed by atoms with van der Waals surface area (Å²) < 4.78 is 49.6. The second-order valence-corrected chi connectivity index (χ2v) is 9.98. The van der Waals surface area contributed by atoms with Crippen molar-refractivity contribution in [2.24, 2.45) is 7.05 Å². The molecule has 0 unspecified atom stereocenters. The Kier molecular flexibility index (Phi) is 6.87. The monoisotopic (exact) mass is 525 g/mol. The first-order valence-electron chi connectivity index (χ1n) is 12.5. The van der Waals surface area contributed by atoms with Gasteiger partial charge in [0.1, 0.15) is 12.2 Å². The number of alkyl halides is 3. The Morgan fingerprint density at radius 2 is 2.05 bits per heavy atom. The lowest BCUT2D eigenvalue weighted by molar-refractivity contribution is -0.138. The van der Waals surface area contributed by atoms with E-state index in [1.54, 1.807) is 31.6 Å². The molecule has 5 rings (SSSR count). The number of nitrogens with zero attached hydrogens (tertiary/aromatic N) is 4. The minimum atomic E-state index is -4.57. The van der Waals surface area contributed by atoms with Crippen LogP contribution in [0.15, 0.2) is 55.4 Å². The number of amides is 1. The summed E-state index contributed by atoms with van der Waals surface area (Å²) in [6.07, 6.45) is 0.934. The van der Waals surface area contributed by atoms with Gasteiger partial charge in [-0.3, -0.25) is 4.79 Å². The fourth-order valence-electron chi connectivity index (χ4n) is 5.59. The van der Waals surface area contributed by atoms with Crippen molar-refractivity contribution in [2.45, 2.75) is 50.0 Å². The first-order valence-corrected chi connectivity index (χ1v) is 12.5. The molecular formula is C28H30F3N5O2. The number of nitrogens with one attached hydrogen (secondary N) is 1. The molecule has 1 saturated carbocycles. The van der Waals surface area contributed by atoms with Crippen LogP contribution in [0.3, 0.4) is 0 Å². The number of fused-ring (bicyclic) bond motifs is 1. The summed E-state index contributed by atoms with van der Waals surface area (Å²) in [5, 5.41) is 11.5. The fraction of sp³-hybridized carbons (Fsp3) is 0.393. The molecule has 0 spiro atoms. The third kappa shape index (κ3) is 4.52. The highest BCUT2D eigenvalue weighted by Gasteiger charge is 2.50. The van der Waals surface area contributed by atoms with Gasteiger partial charge < -0.3 is 19.5 Å². The maximum atomic E-state index is 14.1. The van der Waals surface area contributed by atoms with E-state index in [0.717, 1.165) is 17.5 Å². The van der Waals surface area contributed by atoms with Gasteiger partial charge in [0.15, 0.2) is 0 Å². The van der Waals surface area contributed by atoms with Gasteiger partial charge in [-0.2, -0.15) is 13.2 Å². The second kappa shape index (κ2) is 9.99. The number of halogens is 3. The van der Waals surface area contributed by atoms with Crippen LogP contribution in [0.25, 0.3) is 0 Å². The molecule has 1 N–H and O–H groups in total. The van der Waals surface area contributed by atoms with E-state index in [1.807, 2.05) is 29.8 Å². The third-order valence-corrected chi connectivity index (χ3v) is 7.60. The quantitative estimate of drug-likeness (QED) is 0.322. The van der Waals surface area contributed by atoms with E-state index in [4.69, 9.17) is 4.74 Å². The summed E-state index contributed by atoms with van der Waals surface area (Å²) in [5.41, 5.74) is 0.770. The van der Waals surface area contributed by atoms with Crippen LogP contribution in [-0.2, 0) is 36.5 Å². The lowest BCUT2D eigenvalue weighted by Gasteiger charge is -2.46. The lowest BCUT2D eigenvalue weighted by atomic mass is 9.62. The van der Waals surface area contributed by atoms with Gasteiger partial charge in [-0.15, -0.1) is 16.8 Å². The molecule has 38 heavy (non-hydrogen) atoms. The number of ether oxygens (including phenoxy) is 1. The maximum Gasteiger partial charge on any atom is 0.416 e. The average Bonchev–Trinajstić information content (AvgIpc) is 3.44. The van der Waals surface area contributed by atoms with Crippen molar-refractivity contribution < 1.29 is 22.7 Å². The van der Waals surface area contributed by atoms with Crippen molar-refractivity contribution in [3.05, 3.63) is 89.0 Å². The van der Waals surface area contributed by atoms with Gasteiger partial charge >= 0.3 is 6.18 Å². The summed E-state index contributed by atoms with van der Waals surface area (Å²) in [5.74, 6) is 0.346. The zero-order chi connectivity index (χ0) is 27.1. The van der Waals surface area contributed by atoms with E-state index in [9.17, 15) is 18.0 Å². The van der Waals surface area contributed by atoms with Gasteiger partial charge in [-0.25, -0.2) is 0 Å². The predicted octanol–water partition coefficient (Wildman–Crippen LogP) is 4.75. The molecule has 10 heteroatoms. The molecule has 0 radical (unpaired) electrons. The SMILES string of the molecule is C=CCCNCc1cc2c(c(C(F)(F)F)c1)CN(c1cccc([C@]3(c4nncn4C)C[C@H](OC)C3)c1)C2=O. The number of rotatable bonds is 9. The summed E-state index contributed by atoms with van der Waals surface area (Å²) in [4.78, 5) is 14.9. The van der Waals surface area contributed by atoms with Crippen LogP contribution < -0.4 is 10.2 Å². The molecule has 1 aliphatic heterocycles. The highest BCUT2D eigenvalue weighted by atomic mass is 19.4. The van der Waals surface area contributed by atoms with Crippen LogP contribution in [0.2, 0.25) is 0 Å². The van der Waals surface area contributed by atoms with Crippen molar-refractivity contribution >= 4 is 11.6 Å². The van der Waals surface area contributed by atoms with Gasteiger partial charge in [0.2, 0.25) is 0 Å². The normalized spacial score (nSPS) is 20.9. The van der Waals surface area contributed by atoms with E-state index in [2.05, 4.69) is 22.1 Å². The van der Waals surface area contributed by atoms with Gasteiger partial charge in [-0.05, 0) is 66.8 Å². The lowest BCUT2D eigenvalue weighted by Crippen LogP contribution is -2.48. The van der Waals surface area contributed by atoms with Gasteiger partial charge in [-0.1, -0.05) is 18.2 Å². The first kappa shape index (κ1) is 26.1. The van der Waals surface area contributed by atoms with E-state index in [-0.39, 0.29) is 30.3 Å². The van der Waals surface area contributed by atoms with Crippen molar-refractivity contribution in [2.75, 3.05) is 18.6 Å². The number of benzene rings is 2. The highest BCUT2D eigenvalue weighted by Crippen LogP contribution is 2.50. The van der Waals surface area contributed by atoms with Crippen LogP contribution in [-0.4, -0.2) is 40.4 Å². The molecule has 1 aliphatic carbocycles. The van der Waals surface area contributed by atoms with Crippen LogP contribution in [0.1, 0.15) is 57.7 Å². The Labute approximate surface area is 219 Å². The molecule has 7 nitrogen and oxygen atoms in total. The molecule has 0 atom stereocenters. The second-order valence-electron chi connectivity index (χ2n) is 9.98. The van der Waals surface area contributed by atoms with E-state index in [0.29, 0.717) is 37.1 Å². The number of aryl methyl sites for hydroxylation is 1. The fourth-order valence-corrected chi connectivity index (χ4v) is 5.59. The average molecular weight is 526 g/mol. The molecule has 200 valence electrons. The molecule has 3 aromatic rings.